The number of carbonyl (C=O) groups excluding carboxylic acids is 4. The summed E-state index contributed by atoms with van der Waals surface area (Å²) in [4.78, 5) is 48.3. The van der Waals surface area contributed by atoms with Crippen molar-refractivity contribution in [2.24, 2.45) is 0 Å². The number of amides is 6. The average molecular weight is 373 g/mol. The number of hydrogen-bond donors (Lipinski definition) is 3. The van der Waals surface area contributed by atoms with Crippen molar-refractivity contribution in [3.05, 3.63) is 33.8 Å². The van der Waals surface area contributed by atoms with Gasteiger partial charge in [0.05, 0.1) is 0 Å². The van der Waals surface area contributed by atoms with E-state index in [1.54, 1.807) is 0 Å². The summed E-state index contributed by atoms with van der Waals surface area (Å²) in [5, 5.41) is 7.26. The molecular weight excluding hydrogens is 359 g/mol. The molecule has 1 heterocycles. The summed E-state index contributed by atoms with van der Waals surface area (Å²) in [6.45, 7) is 0.873. The molecule has 1 aliphatic rings. The molecule has 0 bridgehead atoms. The van der Waals surface area contributed by atoms with Crippen LogP contribution in [-0.2, 0) is 15.1 Å². The predicted molar refractivity (Wildman–Crippen MR) is 86.7 cm³/mol. The topological polar surface area (TPSA) is 108 Å². The molecule has 1 aromatic rings. The molecule has 3 N–H and O–H groups in total. The van der Waals surface area contributed by atoms with Crippen molar-refractivity contribution in [2.75, 3.05) is 13.6 Å². The summed E-state index contributed by atoms with van der Waals surface area (Å²) in [7, 11) is 1.33. The van der Waals surface area contributed by atoms with E-state index in [0.717, 1.165) is 0 Å². The van der Waals surface area contributed by atoms with Gasteiger partial charge in [0.15, 0.2) is 0 Å². The maximum Gasteiger partial charge on any atom is 0.325 e. The van der Waals surface area contributed by atoms with E-state index in [9.17, 15) is 19.2 Å². The van der Waals surface area contributed by atoms with Gasteiger partial charge < -0.3 is 10.6 Å². The highest BCUT2D eigenvalue weighted by Gasteiger charge is 2.50. The highest BCUT2D eigenvalue weighted by molar-refractivity contribution is 6.35. The summed E-state index contributed by atoms with van der Waals surface area (Å²) >= 11 is 12.0. The highest BCUT2D eigenvalue weighted by Crippen LogP contribution is 2.34. The Balaban J connectivity index is 2.24. The van der Waals surface area contributed by atoms with Gasteiger partial charge in [-0.1, -0.05) is 29.3 Å². The molecule has 1 aliphatic heterocycles. The zero-order valence-corrected chi connectivity index (χ0v) is 14.3. The first kappa shape index (κ1) is 18.0. The monoisotopic (exact) mass is 372 g/mol. The van der Waals surface area contributed by atoms with Gasteiger partial charge in [0, 0.05) is 22.7 Å². The second kappa shape index (κ2) is 6.66. The van der Waals surface area contributed by atoms with Crippen LogP contribution < -0.4 is 16.0 Å². The summed E-state index contributed by atoms with van der Waals surface area (Å²) in [5.74, 6) is -1.46. The molecule has 0 aromatic heterocycles. The molecule has 0 aliphatic carbocycles. The van der Waals surface area contributed by atoms with Crippen LogP contribution in [0.3, 0.4) is 0 Å². The molecule has 24 heavy (non-hydrogen) atoms. The molecule has 128 valence electrons. The zero-order chi connectivity index (χ0) is 18.1. The second-order valence-electron chi connectivity index (χ2n) is 5.20. The van der Waals surface area contributed by atoms with Crippen LogP contribution in [0.2, 0.25) is 10.0 Å². The highest BCUT2D eigenvalue weighted by atomic mass is 35.5. The van der Waals surface area contributed by atoms with Crippen LogP contribution in [0.5, 0.6) is 0 Å². The number of hydrogen-bond acceptors (Lipinski definition) is 4. The van der Waals surface area contributed by atoms with Gasteiger partial charge >= 0.3 is 12.1 Å². The number of imide groups is 2. The Labute approximate surface area is 147 Å². The normalized spacial score (nSPS) is 19.9. The quantitative estimate of drug-likeness (QED) is 0.693. The molecule has 1 atom stereocenters. The minimum Gasteiger partial charge on any atom is -0.341 e. The van der Waals surface area contributed by atoms with Crippen LogP contribution in [0, 0.1) is 0 Å². The van der Waals surface area contributed by atoms with E-state index < -0.39 is 36.0 Å². The third kappa shape index (κ3) is 3.29. The zero-order valence-electron chi connectivity index (χ0n) is 12.8. The fourth-order valence-electron chi connectivity index (χ4n) is 2.29. The Morgan fingerprint density at radius 1 is 1.29 bits per heavy atom. The van der Waals surface area contributed by atoms with E-state index in [4.69, 9.17) is 23.2 Å². The van der Waals surface area contributed by atoms with Gasteiger partial charge in [-0.15, -0.1) is 0 Å². The van der Waals surface area contributed by atoms with Crippen molar-refractivity contribution in [3.8, 4) is 0 Å². The van der Waals surface area contributed by atoms with Crippen LogP contribution in [0.25, 0.3) is 0 Å². The molecule has 2 rings (SSSR count). The first-order chi connectivity index (χ1) is 11.2. The van der Waals surface area contributed by atoms with Gasteiger partial charge in [-0.25, -0.2) is 9.59 Å². The van der Waals surface area contributed by atoms with Crippen molar-refractivity contribution >= 4 is 47.1 Å². The van der Waals surface area contributed by atoms with E-state index >= 15 is 0 Å². The molecule has 1 saturated heterocycles. The summed E-state index contributed by atoms with van der Waals surface area (Å²) in [6, 6.07) is 3.01. The van der Waals surface area contributed by atoms with E-state index in [2.05, 4.69) is 10.6 Å². The van der Waals surface area contributed by atoms with Crippen molar-refractivity contribution < 1.29 is 19.2 Å². The SMILES string of the molecule is CNC(=O)NC(=O)CN1C(=O)NC(C)(c2ccc(Cl)cc2Cl)C1=O. The molecule has 1 aromatic carbocycles. The molecule has 8 nitrogen and oxygen atoms in total. The van der Waals surface area contributed by atoms with Crippen LogP contribution in [0.4, 0.5) is 9.59 Å². The maximum atomic E-state index is 12.6. The number of benzene rings is 1. The first-order valence-electron chi connectivity index (χ1n) is 6.80. The van der Waals surface area contributed by atoms with Crippen molar-refractivity contribution in [1.29, 1.82) is 0 Å². The lowest BCUT2D eigenvalue weighted by Gasteiger charge is -2.23. The number of urea groups is 2. The third-order valence-corrected chi connectivity index (χ3v) is 4.07. The Bertz CT molecular complexity index is 739. The van der Waals surface area contributed by atoms with Crippen LogP contribution in [-0.4, -0.2) is 42.4 Å². The summed E-state index contributed by atoms with van der Waals surface area (Å²) in [6.07, 6.45) is 0. The lowest BCUT2D eigenvalue weighted by atomic mass is 9.92. The van der Waals surface area contributed by atoms with Gasteiger partial charge in [-0.2, -0.15) is 0 Å². The van der Waals surface area contributed by atoms with E-state index in [1.807, 2.05) is 5.32 Å². The Morgan fingerprint density at radius 2 is 1.96 bits per heavy atom. The second-order valence-corrected chi connectivity index (χ2v) is 6.04. The minimum atomic E-state index is -1.44. The third-order valence-electron chi connectivity index (χ3n) is 3.53. The maximum absolute atomic E-state index is 12.6. The largest absolute Gasteiger partial charge is 0.341 e. The number of nitrogens with zero attached hydrogens (tertiary/aromatic N) is 1. The van der Waals surface area contributed by atoms with Crippen molar-refractivity contribution in [3.63, 3.8) is 0 Å². The summed E-state index contributed by atoms with van der Waals surface area (Å²) < 4.78 is 0. The van der Waals surface area contributed by atoms with E-state index in [0.29, 0.717) is 15.5 Å². The molecule has 1 unspecified atom stereocenters. The van der Waals surface area contributed by atoms with Crippen molar-refractivity contribution in [1.82, 2.24) is 20.9 Å². The average Bonchev–Trinajstić information content (AvgIpc) is 2.71. The number of nitrogens with one attached hydrogen (secondary N) is 3. The standard InChI is InChI=1S/C14H14Cl2N4O4/c1-14(8-4-3-7(15)5-9(8)16)11(22)20(13(24)19-14)6-10(21)18-12(23)17-2/h3-5H,6H2,1-2H3,(H,19,24)(H2,17,18,21,23). The van der Waals surface area contributed by atoms with Gasteiger partial charge in [0.25, 0.3) is 5.91 Å². The Kier molecular flexibility index (Phi) is 5.00. The molecule has 6 amide bonds. The lowest BCUT2D eigenvalue weighted by molar-refractivity contribution is -0.134. The Hall–Kier alpha value is -2.32. The smallest absolute Gasteiger partial charge is 0.325 e. The van der Waals surface area contributed by atoms with Crippen LogP contribution in [0.1, 0.15) is 12.5 Å². The molecule has 1 fully saturated rings. The van der Waals surface area contributed by atoms with E-state index in [1.165, 1.54) is 32.2 Å². The molecule has 0 saturated carbocycles. The molecule has 10 heteroatoms. The lowest BCUT2D eigenvalue weighted by Crippen LogP contribution is -2.46. The number of halogens is 2. The fraction of sp³-hybridized carbons (Fsp3) is 0.286. The van der Waals surface area contributed by atoms with Crippen molar-refractivity contribution in [2.45, 2.75) is 12.5 Å². The van der Waals surface area contributed by atoms with Gasteiger partial charge in [-0.05, 0) is 19.1 Å². The van der Waals surface area contributed by atoms with Gasteiger partial charge in [0.2, 0.25) is 5.91 Å². The van der Waals surface area contributed by atoms with E-state index in [-0.39, 0.29) is 5.02 Å². The number of rotatable bonds is 3. The summed E-state index contributed by atoms with van der Waals surface area (Å²) in [5.41, 5.74) is -1.09. The molecule has 0 radical (unpaired) electrons. The van der Waals surface area contributed by atoms with Gasteiger partial charge in [0.1, 0.15) is 12.1 Å². The fourth-order valence-corrected chi connectivity index (χ4v) is 2.89. The van der Waals surface area contributed by atoms with Crippen LogP contribution >= 0.6 is 23.2 Å². The minimum absolute atomic E-state index is 0.204. The first-order valence-corrected chi connectivity index (χ1v) is 7.56. The Morgan fingerprint density at radius 3 is 2.54 bits per heavy atom. The number of carbonyl (C=O) groups is 4. The van der Waals surface area contributed by atoms with Crippen LogP contribution in [0.15, 0.2) is 18.2 Å². The molecule has 0 spiro atoms. The molecular formula is C14H14Cl2N4O4. The predicted octanol–water partition coefficient (Wildman–Crippen LogP) is 1.22. The van der Waals surface area contributed by atoms with Gasteiger partial charge in [-0.3, -0.25) is 19.8 Å².